The van der Waals surface area contributed by atoms with Gasteiger partial charge in [-0.15, -0.1) is 0 Å². The highest BCUT2D eigenvalue weighted by Gasteiger charge is 2.23. The zero-order chi connectivity index (χ0) is 14.5. The quantitative estimate of drug-likeness (QED) is 0.776. The van der Waals surface area contributed by atoms with Crippen LogP contribution in [-0.4, -0.2) is 10.8 Å². The van der Waals surface area contributed by atoms with E-state index in [-0.39, 0.29) is 5.78 Å². The third kappa shape index (κ3) is 3.61. The smallest absolute Gasteiger partial charge is 0.176 e. The first-order valence-corrected chi connectivity index (χ1v) is 7.38. The molecule has 1 fully saturated rings. The molecule has 1 aromatic carbocycles. The van der Waals surface area contributed by atoms with E-state index in [0.29, 0.717) is 11.3 Å². The molecule has 4 heteroatoms. The van der Waals surface area contributed by atoms with E-state index in [1.54, 1.807) is 6.26 Å². The van der Waals surface area contributed by atoms with Crippen molar-refractivity contribution in [3.05, 3.63) is 71.5 Å². The molecule has 0 spiro atoms. The van der Waals surface area contributed by atoms with E-state index in [1.165, 1.54) is 11.8 Å². The summed E-state index contributed by atoms with van der Waals surface area (Å²) in [4.78, 5) is 17.1. The highest BCUT2D eigenvalue weighted by atomic mass is 32.2. The number of carbonyl (C=O) groups excluding carboxylic acids is 1. The van der Waals surface area contributed by atoms with Crippen LogP contribution in [0, 0.1) is 0 Å². The summed E-state index contributed by atoms with van der Waals surface area (Å²) >= 11 is 1.43. The van der Waals surface area contributed by atoms with Gasteiger partial charge in [-0.2, -0.15) is 0 Å². The molecule has 0 atom stereocenters. The third-order valence-electron chi connectivity index (χ3n) is 2.88. The molecular weight excluding hydrogens is 282 g/mol. The van der Waals surface area contributed by atoms with Crippen LogP contribution >= 0.6 is 11.8 Å². The standard InChI is InChI=1S/C17H13NO2S/c19-15-12-17(18-13-6-2-1-3-7-13)21-16(15)10-4-8-14-9-5-11-20-14/h1-11H,12H2/b8-4+,16-10+,18-17?. The van der Waals surface area contributed by atoms with Crippen LogP contribution < -0.4 is 0 Å². The molecule has 1 aliphatic rings. The van der Waals surface area contributed by atoms with Crippen molar-refractivity contribution in [1.29, 1.82) is 0 Å². The van der Waals surface area contributed by atoms with Crippen LogP contribution in [0.4, 0.5) is 5.69 Å². The van der Waals surface area contributed by atoms with Crippen LogP contribution in [0.2, 0.25) is 0 Å². The van der Waals surface area contributed by atoms with Crippen molar-refractivity contribution in [3.63, 3.8) is 0 Å². The Morgan fingerprint density at radius 1 is 1.14 bits per heavy atom. The number of ketones is 1. The Kier molecular flexibility index (Phi) is 4.17. The molecule has 0 unspecified atom stereocenters. The van der Waals surface area contributed by atoms with Crippen LogP contribution in [0.15, 0.2) is 75.2 Å². The van der Waals surface area contributed by atoms with Gasteiger partial charge in [0.05, 0.1) is 28.3 Å². The Morgan fingerprint density at radius 3 is 2.76 bits per heavy atom. The van der Waals surface area contributed by atoms with E-state index in [4.69, 9.17) is 4.42 Å². The number of hydrogen-bond donors (Lipinski definition) is 0. The molecule has 1 aliphatic heterocycles. The first-order valence-electron chi connectivity index (χ1n) is 6.57. The highest BCUT2D eigenvalue weighted by Crippen LogP contribution is 2.32. The first kappa shape index (κ1) is 13.6. The first-order chi connectivity index (χ1) is 10.3. The van der Waals surface area contributed by atoms with Gasteiger partial charge in [0.1, 0.15) is 5.76 Å². The van der Waals surface area contributed by atoms with Gasteiger partial charge in [-0.1, -0.05) is 36.0 Å². The van der Waals surface area contributed by atoms with Crippen LogP contribution in [0.3, 0.4) is 0 Å². The van der Waals surface area contributed by atoms with Gasteiger partial charge in [0, 0.05) is 0 Å². The number of carbonyl (C=O) groups is 1. The number of rotatable bonds is 3. The molecule has 21 heavy (non-hydrogen) atoms. The van der Waals surface area contributed by atoms with Crippen molar-refractivity contribution in [2.45, 2.75) is 6.42 Å². The number of allylic oxidation sites excluding steroid dienone is 3. The largest absolute Gasteiger partial charge is 0.465 e. The van der Waals surface area contributed by atoms with Crippen LogP contribution in [-0.2, 0) is 4.79 Å². The van der Waals surface area contributed by atoms with Crippen molar-refractivity contribution in [2.75, 3.05) is 0 Å². The average Bonchev–Trinajstić information content (AvgIpc) is 3.11. The molecule has 0 aliphatic carbocycles. The minimum absolute atomic E-state index is 0.110. The van der Waals surface area contributed by atoms with Crippen LogP contribution in [0.5, 0.6) is 0 Å². The van der Waals surface area contributed by atoms with E-state index in [9.17, 15) is 4.79 Å². The predicted molar refractivity (Wildman–Crippen MR) is 86.6 cm³/mol. The van der Waals surface area contributed by atoms with Crippen molar-refractivity contribution in [3.8, 4) is 0 Å². The Hall–Kier alpha value is -2.33. The molecule has 1 saturated heterocycles. The van der Waals surface area contributed by atoms with E-state index >= 15 is 0 Å². The van der Waals surface area contributed by atoms with Gasteiger partial charge < -0.3 is 4.42 Å². The van der Waals surface area contributed by atoms with Gasteiger partial charge in [0.25, 0.3) is 0 Å². The average molecular weight is 295 g/mol. The normalized spacial score (nSPS) is 19.1. The van der Waals surface area contributed by atoms with E-state index in [2.05, 4.69) is 4.99 Å². The summed E-state index contributed by atoms with van der Waals surface area (Å²) in [5.41, 5.74) is 0.875. The molecule has 0 radical (unpaired) electrons. The van der Waals surface area contributed by atoms with Gasteiger partial charge in [-0.3, -0.25) is 4.79 Å². The molecule has 104 valence electrons. The number of para-hydroxylation sites is 1. The summed E-state index contributed by atoms with van der Waals surface area (Å²) in [6, 6.07) is 13.4. The Balaban J connectivity index is 1.71. The summed E-state index contributed by atoms with van der Waals surface area (Å²) in [7, 11) is 0. The second-order valence-electron chi connectivity index (χ2n) is 4.45. The molecule has 2 aromatic rings. The summed E-state index contributed by atoms with van der Waals surface area (Å²) < 4.78 is 5.19. The van der Waals surface area contributed by atoms with Gasteiger partial charge in [-0.25, -0.2) is 4.99 Å². The van der Waals surface area contributed by atoms with Crippen molar-refractivity contribution >= 4 is 34.4 Å². The maximum atomic E-state index is 11.9. The summed E-state index contributed by atoms with van der Waals surface area (Å²) in [5.74, 6) is 0.874. The fourth-order valence-corrected chi connectivity index (χ4v) is 2.84. The van der Waals surface area contributed by atoms with E-state index < -0.39 is 0 Å². The van der Waals surface area contributed by atoms with E-state index in [1.807, 2.05) is 60.7 Å². The van der Waals surface area contributed by atoms with Crippen LogP contribution in [0.1, 0.15) is 12.2 Å². The Labute approximate surface area is 127 Å². The third-order valence-corrected chi connectivity index (χ3v) is 3.93. The topological polar surface area (TPSA) is 42.6 Å². The highest BCUT2D eigenvalue weighted by molar-refractivity contribution is 8.18. The summed E-state index contributed by atoms with van der Waals surface area (Å²) in [5, 5.41) is 0.837. The van der Waals surface area contributed by atoms with Gasteiger partial charge in [-0.05, 0) is 36.4 Å². The van der Waals surface area contributed by atoms with Crippen LogP contribution in [0.25, 0.3) is 6.08 Å². The van der Waals surface area contributed by atoms with Gasteiger partial charge in [0.15, 0.2) is 5.78 Å². The zero-order valence-electron chi connectivity index (χ0n) is 11.2. The number of hydrogen-bond acceptors (Lipinski definition) is 4. The Bertz CT molecular complexity index is 713. The predicted octanol–water partition coefficient (Wildman–Crippen LogP) is 4.61. The Morgan fingerprint density at radius 2 is 2.00 bits per heavy atom. The summed E-state index contributed by atoms with van der Waals surface area (Å²) in [6.45, 7) is 0. The molecule has 3 rings (SSSR count). The van der Waals surface area contributed by atoms with E-state index in [0.717, 1.165) is 16.5 Å². The lowest BCUT2D eigenvalue weighted by molar-refractivity contribution is -0.113. The second kappa shape index (κ2) is 6.41. The molecule has 2 heterocycles. The maximum Gasteiger partial charge on any atom is 0.176 e. The minimum atomic E-state index is 0.110. The molecule has 0 amide bonds. The molecule has 0 saturated carbocycles. The lowest BCUT2D eigenvalue weighted by atomic mass is 10.2. The number of aliphatic imine (C=N–C) groups is 1. The lowest BCUT2D eigenvalue weighted by Crippen LogP contribution is -1.91. The number of furan rings is 1. The monoisotopic (exact) mass is 295 g/mol. The molecular formula is C17H13NO2S. The SMILES string of the molecule is O=C1CC(=Nc2ccccc2)S/C1=C/C=C/c1ccco1. The minimum Gasteiger partial charge on any atom is -0.465 e. The lowest BCUT2D eigenvalue weighted by Gasteiger charge is -1.94. The van der Waals surface area contributed by atoms with Crippen molar-refractivity contribution < 1.29 is 9.21 Å². The molecule has 1 aromatic heterocycles. The fraction of sp³-hybridized carbons (Fsp3) is 0.0588. The molecule has 0 N–H and O–H groups in total. The zero-order valence-corrected chi connectivity index (χ0v) is 12.0. The number of Topliss-reactive ketones (excluding diaryl/α,β-unsaturated/α-hetero) is 1. The molecule has 3 nitrogen and oxygen atoms in total. The van der Waals surface area contributed by atoms with Crippen molar-refractivity contribution in [2.24, 2.45) is 4.99 Å². The number of thioether (sulfide) groups is 1. The fourth-order valence-electron chi connectivity index (χ4n) is 1.90. The summed E-state index contributed by atoms with van der Waals surface area (Å²) in [6.07, 6.45) is 7.45. The maximum absolute atomic E-state index is 11.9. The number of benzene rings is 1. The van der Waals surface area contributed by atoms with Gasteiger partial charge >= 0.3 is 0 Å². The van der Waals surface area contributed by atoms with Gasteiger partial charge in [0.2, 0.25) is 0 Å². The number of nitrogens with zero attached hydrogens (tertiary/aromatic N) is 1. The van der Waals surface area contributed by atoms with Crippen molar-refractivity contribution in [1.82, 2.24) is 0 Å². The second-order valence-corrected chi connectivity index (χ2v) is 5.56. The molecule has 0 bridgehead atoms.